The van der Waals surface area contributed by atoms with Crippen molar-refractivity contribution in [3.8, 4) is 0 Å². The van der Waals surface area contributed by atoms with Crippen LogP contribution in [0.25, 0.3) is 0 Å². The SMILES string of the molecule is CN1[C]N(c2cc(C(=O)O)cc(N3[C]N(C)c4ccccc43)n2)c2ccccc21. The molecule has 0 spiro atoms. The van der Waals surface area contributed by atoms with E-state index in [0.717, 1.165) is 22.7 Å². The van der Waals surface area contributed by atoms with Gasteiger partial charge >= 0.3 is 5.97 Å². The van der Waals surface area contributed by atoms with Crippen molar-refractivity contribution in [1.29, 1.82) is 0 Å². The molecule has 3 heterocycles. The van der Waals surface area contributed by atoms with E-state index in [4.69, 9.17) is 4.98 Å². The second kappa shape index (κ2) is 6.41. The number of hydrogen-bond donors (Lipinski definition) is 1. The normalized spacial score (nSPS) is 15.0. The van der Waals surface area contributed by atoms with Gasteiger partial charge in [-0.1, -0.05) is 24.3 Å². The lowest BCUT2D eigenvalue weighted by Crippen LogP contribution is -2.22. The van der Waals surface area contributed by atoms with Gasteiger partial charge in [0.15, 0.2) is 0 Å². The largest absolute Gasteiger partial charge is 0.478 e. The predicted octanol–water partition coefficient (Wildman–Crippen LogP) is 3.95. The molecule has 5 rings (SSSR count). The van der Waals surface area contributed by atoms with Crippen LogP contribution in [0.2, 0.25) is 0 Å². The number of pyridine rings is 1. The third-order valence-electron chi connectivity index (χ3n) is 4.97. The highest BCUT2D eigenvalue weighted by molar-refractivity contribution is 5.93. The van der Waals surface area contributed by atoms with E-state index in [9.17, 15) is 9.90 Å². The van der Waals surface area contributed by atoms with Crippen molar-refractivity contribution in [3.63, 3.8) is 0 Å². The molecule has 0 saturated carbocycles. The lowest BCUT2D eigenvalue weighted by molar-refractivity contribution is 0.0697. The van der Waals surface area contributed by atoms with Crippen LogP contribution in [0.1, 0.15) is 10.4 Å². The van der Waals surface area contributed by atoms with E-state index in [2.05, 4.69) is 13.3 Å². The van der Waals surface area contributed by atoms with Crippen LogP contribution >= 0.6 is 0 Å². The van der Waals surface area contributed by atoms with E-state index >= 15 is 0 Å². The molecule has 7 heteroatoms. The number of carbonyl (C=O) groups is 1. The van der Waals surface area contributed by atoms with Crippen LogP contribution in [0.3, 0.4) is 0 Å². The Morgan fingerprint density at radius 2 is 1.21 bits per heavy atom. The molecule has 0 unspecified atom stereocenters. The molecule has 1 N–H and O–H groups in total. The Morgan fingerprint density at radius 3 is 1.62 bits per heavy atom. The van der Waals surface area contributed by atoms with Crippen molar-refractivity contribution in [2.45, 2.75) is 0 Å². The zero-order valence-electron chi connectivity index (χ0n) is 15.9. The molecule has 2 aliphatic rings. The van der Waals surface area contributed by atoms with Gasteiger partial charge in [-0.2, -0.15) is 0 Å². The number of anilines is 6. The number of aromatic carboxylic acids is 1. The van der Waals surface area contributed by atoms with Crippen LogP contribution in [-0.2, 0) is 0 Å². The minimum Gasteiger partial charge on any atom is -0.478 e. The molecule has 2 aliphatic heterocycles. The zero-order chi connectivity index (χ0) is 20.1. The van der Waals surface area contributed by atoms with Gasteiger partial charge in [0, 0.05) is 14.1 Å². The van der Waals surface area contributed by atoms with Gasteiger partial charge in [0.1, 0.15) is 11.6 Å². The monoisotopic (exact) mass is 383 g/mol. The Labute approximate surface area is 169 Å². The zero-order valence-corrected chi connectivity index (χ0v) is 15.9. The highest BCUT2D eigenvalue weighted by Crippen LogP contribution is 2.44. The third-order valence-corrected chi connectivity index (χ3v) is 4.97. The van der Waals surface area contributed by atoms with Crippen molar-refractivity contribution in [2.75, 3.05) is 33.7 Å². The molecule has 2 aromatic carbocycles. The molecule has 142 valence electrons. The number of rotatable bonds is 3. The third kappa shape index (κ3) is 2.74. The summed E-state index contributed by atoms with van der Waals surface area (Å²) in [5.41, 5.74) is 3.88. The molecule has 4 radical (unpaired) electrons. The molecule has 0 atom stereocenters. The summed E-state index contributed by atoms with van der Waals surface area (Å²) in [6, 6.07) is 18.8. The van der Waals surface area contributed by atoms with Crippen LogP contribution in [0, 0.1) is 13.3 Å². The molecule has 0 aliphatic carbocycles. The van der Waals surface area contributed by atoms with Crippen molar-refractivity contribution in [3.05, 3.63) is 79.6 Å². The van der Waals surface area contributed by atoms with Gasteiger partial charge in [-0.15, -0.1) is 0 Å². The fourth-order valence-electron chi connectivity index (χ4n) is 3.59. The lowest BCUT2D eigenvalue weighted by Gasteiger charge is -2.21. The number of carboxylic acids is 1. The van der Waals surface area contributed by atoms with Gasteiger partial charge < -0.3 is 14.9 Å². The summed E-state index contributed by atoms with van der Waals surface area (Å²) in [7, 11) is 3.79. The van der Waals surface area contributed by atoms with Crippen molar-refractivity contribution in [2.24, 2.45) is 0 Å². The van der Waals surface area contributed by atoms with E-state index in [-0.39, 0.29) is 5.56 Å². The Bertz CT molecular complexity index is 1040. The summed E-state index contributed by atoms with van der Waals surface area (Å²) in [5.74, 6) is -0.0624. The average molecular weight is 383 g/mol. The van der Waals surface area contributed by atoms with Crippen molar-refractivity contribution >= 4 is 40.4 Å². The molecule has 0 saturated heterocycles. The van der Waals surface area contributed by atoms with Crippen LogP contribution in [0.15, 0.2) is 60.7 Å². The Hall–Kier alpha value is -3.74. The fourth-order valence-corrected chi connectivity index (χ4v) is 3.59. The molecule has 1 aromatic heterocycles. The Balaban J connectivity index is 1.63. The Morgan fingerprint density at radius 1 is 0.793 bits per heavy atom. The maximum absolute atomic E-state index is 11.8. The van der Waals surface area contributed by atoms with E-state index in [1.807, 2.05) is 72.4 Å². The summed E-state index contributed by atoms with van der Waals surface area (Å²) < 4.78 is 0. The second-order valence-electron chi connectivity index (χ2n) is 6.84. The number of fused-ring (bicyclic) bond motifs is 2. The maximum atomic E-state index is 11.8. The molecule has 0 bridgehead atoms. The van der Waals surface area contributed by atoms with E-state index in [0.29, 0.717) is 11.6 Å². The first kappa shape index (κ1) is 17.4. The molecule has 29 heavy (non-hydrogen) atoms. The number of aromatic nitrogens is 1. The van der Waals surface area contributed by atoms with Crippen molar-refractivity contribution < 1.29 is 9.90 Å². The lowest BCUT2D eigenvalue weighted by atomic mass is 10.2. The average Bonchev–Trinajstić information content (AvgIpc) is 3.26. The summed E-state index contributed by atoms with van der Waals surface area (Å²) in [5, 5.41) is 9.69. The Kier molecular flexibility index (Phi) is 3.84. The highest BCUT2D eigenvalue weighted by Gasteiger charge is 2.31. The summed E-state index contributed by atoms with van der Waals surface area (Å²) in [6.07, 6.45) is 0. The number of carboxylic acid groups (broad SMARTS) is 1. The maximum Gasteiger partial charge on any atom is 0.335 e. The van der Waals surface area contributed by atoms with Crippen LogP contribution in [0.4, 0.5) is 34.4 Å². The van der Waals surface area contributed by atoms with E-state index < -0.39 is 5.97 Å². The molecular formula is C22H17N5O2. The first-order valence-corrected chi connectivity index (χ1v) is 9.06. The minimum absolute atomic E-state index is 0.146. The molecule has 3 aromatic rings. The smallest absolute Gasteiger partial charge is 0.335 e. The number of nitrogens with zero attached hydrogens (tertiary/aromatic N) is 5. The van der Waals surface area contributed by atoms with Gasteiger partial charge in [-0.25, -0.2) is 9.78 Å². The molecule has 7 nitrogen and oxygen atoms in total. The molecular weight excluding hydrogens is 366 g/mol. The van der Waals surface area contributed by atoms with Gasteiger partial charge in [0.25, 0.3) is 0 Å². The first-order valence-electron chi connectivity index (χ1n) is 9.06. The summed E-state index contributed by atoms with van der Waals surface area (Å²) in [6.45, 7) is 6.42. The van der Waals surface area contributed by atoms with Crippen LogP contribution < -0.4 is 19.6 Å². The quantitative estimate of drug-likeness (QED) is 0.735. The van der Waals surface area contributed by atoms with Crippen LogP contribution in [-0.4, -0.2) is 30.2 Å². The summed E-state index contributed by atoms with van der Waals surface area (Å²) >= 11 is 0. The number of benzene rings is 2. The van der Waals surface area contributed by atoms with Gasteiger partial charge in [0.2, 0.25) is 13.3 Å². The second-order valence-corrected chi connectivity index (χ2v) is 6.84. The standard InChI is InChI=1S/C22H17N5O2/c1-24-13-26(18-9-5-3-7-16(18)24)20-11-15(22(28)29)12-21(23-20)27-14-25(2)17-8-4-6-10-19(17)27/h3-12H,1-2H3,(H,28,29). The van der Waals surface area contributed by atoms with E-state index in [1.54, 1.807) is 21.9 Å². The summed E-state index contributed by atoms with van der Waals surface area (Å²) in [4.78, 5) is 23.9. The van der Waals surface area contributed by atoms with Gasteiger partial charge in [-0.3, -0.25) is 9.80 Å². The molecule has 0 fully saturated rings. The highest BCUT2D eigenvalue weighted by atomic mass is 16.4. The molecule has 0 amide bonds. The van der Waals surface area contributed by atoms with Gasteiger partial charge in [0.05, 0.1) is 28.3 Å². The first-order chi connectivity index (χ1) is 14.0. The van der Waals surface area contributed by atoms with Crippen LogP contribution in [0.5, 0.6) is 0 Å². The minimum atomic E-state index is -1.02. The van der Waals surface area contributed by atoms with E-state index in [1.165, 1.54) is 0 Å². The predicted molar refractivity (Wildman–Crippen MR) is 112 cm³/mol. The van der Waals surface area contributed by atoms with Gasteiger partial charge in [-0.05, 0) is 36.4 Å². The topological polar surface area (TPSA) is 63.2 Å². The number of para-hydroxylation sites is 4. The fraction of sp³-hybridized carbons (Fsp3) is 0.0909. The number of hydrogen-bond acceptors (Lipinski definition) is 6. The van der Waals surface area contributed by atoms with Crippen molar-refractivity contribution in [1.82, 2.24) is 4.98 Å².